The van der Waals surface area contributed by atoms with Crippen molar-refractivity contribution in [3.63, 3.8) is 0 Å². The van der Waals surface area contributed by atoms with E-state index in [2.05, 4.69) is 20.6 Å². The molecular formula is C25H21ClN4O4S. The van der Waals surface area contributed by atoms with Crippen LogP contribution in [-0.2, 0) is 11.2 Å². The number of hydrogen-bond acceptors (Lipinski definition) is 7. The highest BCUT2D eigenvalue weighted by Crippen LogP contribution is 2.35. The predicted octanol–water partition coefficient (Wildman–Crippen LogP) is 5.15. The number of amides is 1. The van der Waals surface area contributed by atoms with Crippen molar-refractivity contribution in [2.45, 2.75) is 6.42 Å². The van der Waals surface area contributed by atoms with Crippen molar-refractivity contribution in [2.75, 3.05) is 19.5 Å². The van der Waals surface area contributed by atoms with Gasteiger partial charge in [0, 0.05) is 16.8 Å². The summed E-state index contributed by atoms with van der Waals surface area (Å²) in [5.41, 5.74) is 2.06. The van der Waals surface area contributed by atoms with Crippen molar-refractivity contribution in [3.8, 4) is 23.1 Å². The number of ether oxygens (including phenoxy) is 3. The molecule has 4 rings (SSSR count). The number of benzene rings is 3. The summed E-state index contributed by atoms with van der Waals surface area (Å²) in [5, 5.41) is 7.02. The number of aromatic nitrogens is 2. The van der Waals surface area contributed by atoms with Gasteiger partial charge >= 0.3 is 0 Å². The Bertz CT molecular complexity index is 1380. The predicted molar refractivity (Wildman–Crippen MR) is 139 cm³/mol. The van der Waals surface area contributed by atoms with E-state index < -0.39 is 0 Å². The number of nitrogens with one attached hydrogen (secondary N) is 2. The van der Waals surface area contributed by atoms with E-state index in [4.69, 9.17) is 38.0 Å². The molecule has 0 radical (unpaired) electrons. The lowest BCUT2D eigenvalue weighted by atomic mass is 10.1. The molecule has 0 spiro atoms. The van der Waals surface area contributed by atoms with Gasteiger partial charge in [-0.25, -0.2) is 9.97 Å². The molecular weight excluding hydrogens is 488 g/mol. The summed E-state index contributed by atoms with van der Waals surface area (Å²) in [4.78, 5) is 20.8. The molecule has 0 aliphatic carbocycles. The molecule has 0 saturated carbocycles. The van der Waals surface area contributed by atoms with E-state index in [9.17, 15) is 4.79 Å². The quantitative estimate of drug-likeness (QED) is 0.331. The zero-order valence-corrected chi connectivity index (χ0v) is 20.4. The number of nitrogens with zero attached hydrogens (tertiary/aromatic N) is 2. The van der Waals surface area contributed by atoms with Crippen LogP contribution in [0.4, 0.5) is 5.69 Å². The fraction of sp³-hybridized carbons (Fsp3) is 0.120. The van der Waals surface area contributed by atoms with Gasteiger partial charge in [0.25, 0.3) is 0 Å². The summed E-state index contributed by atoms with van der Waals surface area (Å²) >= 11 is 11.4. The van der Waals surface area contributed by atoms with Crippen LogP contribution in [0.15, 0.2) is 67.0 Å². The van der Waals surface area contributed by atoms with E-state index in [0.717, 1.165) is 5.56 Å². The number of fused-ring (bicyclic) bond motifs is 1. The minimum atomic E-state index is -0.266. The van der Waals surface area contributed by atoms with Gasteiger partial charge in [0.1, 0.15) is 12.1 Å². The summed E-state index contributed by atoms with van der Waals surface area (Å²) in [6, 6.07) is 17.8. The van der Waals surface area contributed by atoms with Gasteiger partial charge in [-0.15, -0.1) is 0 Å². The average molecular weight is 509 g/mol. The third-order valence-corrected chi connectivity index (χ3v) is 5.57. The summed E-state index contributed by atoms with van der Waals surface area (Å²) in [6.45, 7) is 0. The minimum Gasteiger partial charge on any atom is -0.493 e. The first-order chi connectivity index (χ1) is 17.0. The van der Waals surface area contributed by atoms with Crippen molar-refractivity contribution in [3.05, 3.63) is 77.6 Å². The Labute approximate surface area is 212 Å². The SMILES string of the molecule is COc1cc2ncnc(Oc3ccc(NC(=S)NC(=O)Cc4ccccc4Cl)cc3)c2cc1OC. The molecule has 8 nitrogen and oxygen atoms in total. The first-order valence-electron chi connectivity index (χ1n) is 10.5. The van der Waals surface area contributed by atoms with Crippen LogP contribution in [0, 0.1) is 0 Å². The topological polar surface area (TPSA) is 94.6 Å². The third-order valence-electron chi connectivity index (χ3n) is 4.99. The first kappa shape index (κ1) is 24.2. The van der Waals surface area contributed by atoms with Crippen LogP contribution in [0.5, 0.6) is 23.1 Å². The average Bonchev–Trinajstić information content (AvgIpc) is 2.86. The molecule has 0 bridgehead atoms. The molecule has 0 aliphatic rings. The van der Waals surface area contributed by atoms with Gasteiger partial charge in [-0.05, 0) is 54.2 Å². The van der Waals surface area contributed by atoms with E-state index in [1.807, 2.05) is 12.1 Å². The monoisotopic (exact) mass is 508 g/mol. The number of methoxy groups -OCH3 is 2. The van der Waals surface area contributed by atoms with Gasteiger partial charge < -0.3 is 24.8 Å². The zero-order chi connectivity index (χ0) is 24.8. The van der Waals surface area contributed by atoms with Crippen LogP contribution >= 0.6 is 23.8 Å². The minimum absolute atomic E-state index is 0.123. The van der Waals surface area contributed by atoms with E-state index >= 15 is 0 Å². The molecule has 10 heteroatoms. The number of hydrogen-bond donors (Lipinski definition) is 2. The molecule has 1 heterocycles. The molecule has 1 amide bonds. The fourth-order valence-corrected chi connectivity index (χ4v) is 3.74. The Morgan fingerprint density at radius 1 is 1.00 bits per heavy atom. The lowest BCUT2D eigenvalue weighted by Gasteiger charge is -2.12. The lowest BCUT2D eigenvalue weighted by Crippen LogP contribution is -2.35. The smallest absolute Gasteiger partial charge is 0.230 e. The summed E-state index contributed by atoms with van der Waals surface area (Å²) in [6.07, 6.45) is 1.54. The van der Waals surface area contributed by atoms with Crippen molar-refractivity contribution < 1.29 is 19.0 Å². The Hall–Kier alpha value is -3.95. The zero-order valence-electron chi connectivity index (χ0n) is 18.9. The number of carbonyl (C=O) groups excluding carboxylic acids is 1. The third kappa shape index (κ3) is 5.95. The Morgan fingerprint density at radius 2 is 1.71 bits per heavy atom. The fourth-order valence-electron chi connectivity index (χ4n) is 3.31. The molecule has 178 valence electrons. The van der Waals surface area contributed by atoms with Crippen LogP contribution in [0.1, 0.15) is 5.56 Å². The van der Waals surface area contributed by atoms with E-state index in [1.165, 1.54) is 6.33 Å². The molecule has 1 aromatic heterocycles. The van der Waals surface area contributed by atoms with Crippen LogP contribution < -0.4 is 24.8 Å². The summed E-state index contributed by atoms with van der Waals surface area (Å²) in [7, 11) is 3.12. The molecule has 3 aromatic carbocycles. The van der Waals surface area contributed by atoms with Crippen molar-refractivity contribution in [1.82, 2.24) is 15.3 Å². The van der Waals surface area contributed by atoms with Gasteiger partial charge in [0.2, 0.25) is 11.8 Å². The maximum absolute atomic E-state index is 12.3. The molecule has 4 aromatic rings. The second kappa shape index (κ2) is 11.0. The number of thiocarbonyl (C=S) groups is 1. The molecule has 35 heavy (non-hydrogen) atoms. The number of rotatable bonds is 7. The molecule has 0 atom stereocenters. The maximum Gasteiger partial charge on any atom is 0.230 e. The molecule has 2 N–H and O–H groups in total. The normalized spacial score (nSPS) is 10.5. The second-order valence-corrected chi connectivity index (χ2v) is 8.12. The highest BCUT2D eigenvalue weighted by atomic mass is 35.5. The van der Waals surface area contributed by atoms with Gasteiger partial charge in [-0.3, -0.25) is 4.79 Å². The Kier molecular flexibility index (Phi) is 7.59. The van der Waals surface area contributed by atoms with Crippen LogP contribution in [0.25, 0.3) is 10.9 Å². The highest BCUT2D eigenvalue weighted by molar-refractivity contribution is 7.80. The number of halogens is 1. The summed E-state index contributed by atoms with van der Waals surface area (Å²) < 4.78 is 16.7. The Morgan fingerprint density at radius 3 is 2.43 bits per heavy atom. The molecule has 0 unspecified atom stereocenters. The summed E-state index contributed by atoms with van der Waals surface area (Å²) in [5.74, 6) is 1.77. The first-order valence-corrected chi connectivity index (χ1v) is 11.2. The largest absolute Gasteiger partial charge is 0.493 e. The second-order valence-electron chi connectivity index (χ2n) is 7.30. The standard InChI is InChI=1S/C25H21ClN4O4S/c1-32-21-12-18-20(13-22(21)33-2)27-14-28-24(18)34-17-9-7-16(8-10-17)29-25(35)30-23(31)11-15-5-3-4-6-19(15)26/h3-10,12-14H,11H2,1-2H3,(H2,29,30,31,35). The molecule has 0 fully saturated rings. The van der Waals surface area contributed by atoms with E-state index in [-0.39, 0.29) is 17.4 Å². The number of anilines is 1. The van der Waals surface area contributed by atoms with E-state index in [0.29, 0.717) is 44.7 Å². The van der Waals surface area contributed by atoms with Gasteiger partial charge in [0.05, 0.1) is 31.5 Å². The molecule has 0 aliphatic heterocycles. The van der Waals surface area contributed by atoms with Crippen molar-refractivity contribution >= 4 is 51.4 Å². The van der Waals surface area contributed by atoms with E-state index in [1.54, 1.807) is 62.8 Å². The molecule has 0 saturated heterocycles. The van der Waals surface area contributed by atoms with Crippen LogP contribution in [0.2, 0.25) is 5.02 Å². The van der Waals surface area contributed by atoms with Gasteiger partial charge in [0.15, 0.2) is 16.6 Å². The lowest BCUT2D eigenvalue weighted by molar-refractivity contribution is -0.119. The van der Waals surface area contributed by atoms with Crippen LogP contribution in [0.3, 0.4) is 0 Å². The van der Waals surface area contributed by atoms with Crippen molar-refractivity contribution in [1.29, 1.82) is 0 Å². The highest BCUT2D eigenvalue weighted by Gasteiger charge is 2.13. The van der Waals surface area contributed by atoms with Gasteiger partial charge in [-0.1, -0.05) is 29.8 Å². The Balaban J connectivity index is 1.40. The number of carbonyl (C=O) groups is 1. The maximum atomic E-state index is 12.3. The van der Waals surface area contributed by atoms with Gasteiger partial charge in [-0.2, -0.15) is 0 Å². The van der Waals surface area contributed by atoms with Crippen molar-refractivity contribution in [2.24, 2.45) is 0 Å². The van der Waals surface area contributed by atoms with Crippen LogP contribution in [-0.4, -0.2) is 35.2 Å².